The summed E-state index contributed by atoms with van der Waals surface area (Å²) in [6, 6.07) is 7.65. The summed E-state index contributed by atoms with van der Waals surface area (Å²) in [4.78, 5) is 25.2. The molecule has 2 rings (SSSR count). The lowest BCUT2D eigenvalue weighted by molar-refractivity contribution is -0.115. The molecule has 7 nitrogen and oxygen atoms in total. The zero-order valence-corrected chi connectivity index (χ0v) is 15.9. The SMILES string of the molecule is CO/C(=C\C=C(/C)N=O)C(=O)Nc1ccccc1N1CCC(CCO)CC1. The highest BCUT2D eigenvalue weighted by Gasteiger charge is 2.21. The highest BCUT2D eigenvalue weighted by molar-refractivity contribution is 6.04. The van der Waals surface area contributed by atoms with E-state index >= 15 is 0 Å². The average Bonchev–Trinajstić information content (AvgIpc) is 2.69. The number of carbonyl (C=O) groups is 1. The Morgan fingerprint density at radius 1 is 1.33 bits per heavy atom. The van der Waals surface area contributed by atoms with Crippen molar-refractivity contribution in [3.63, 3.8) is 0 Å². The number of nitrogens with zero attached hydrogens (tertiary/aromatic N) is 2. The third kappa shape index (κ3) is 5.92. The Bertz CT molecular complexity index is 707. The molecule has 2 N–H and O–H groups in total. The number of rotatable bonds is 8. The number of allylic oxidation sites excluding steroid dienone is 3. The Labute approximate surface area is 159 Å². The summed E-state index contributed by atoms with van der Waals surface area (Å²) in [5.41, 5.74) is 1.92. The van der Waals surface area contributed by atoms with Crippen molar-refractivity contribution in [2.45, 2.75) is 26.2 Å². The molecular formula is C20H27N3O4. The number of nitroso groups, excluding NO2 is 1. The molecule has 0 spiro atoms. The summed E-state index contributed by atoms with van der Waals surface area (Å²) in [6.45, 7) is 3.55. The van der Waals surface area contributed by atoms with E-state index < -0.39 is 5.91 Å². The van der Waals surface area contributed by atoms with Crippen LogP contribution in [-0.4, -0.2) is 37.8 Å². The van der Waals surface area contributed by atoms with Crippen LogP contribution in [0.3, 0.4) is 0 Å². The molecule has 1 amide bonds. The first-order chi connectivity index (χ1) is 13.1. The zero-order valence-electron chi connectivity index (χ0n) is 15.9. The van der Waals surface area contributed by atoms with Gasteiger partial charge in [0.25, 0.3) is 5.91 Å². The molecule has 0 saturated carbocycles. The summed E-state index contributed by atoms with van der Waals surface area (Å²) >= 11 is 0. The largest absolute Gasteiger partial charge is 0.491 e. The van der Waals surface area contributed by atoms with Crippen LogP contribution >= 0.6 is 0 Å². The molecule has 0 atom stereocenters. The van der Waals surface area contributed by atoms with Crippen LogP contribution in [0.5, 0.6) is 0 Å². The van der Waals surface area contributed by atoms with Crippen LogP contribution in [0.4, 0.5) is 11.4 Å². The number of amides is 1. The molecule has 0 unspecified atom stereocenters. The predicted octanol–water partition coefficient (Wildman–Crippen LogP) is 3.42. The number of hydrogen-bond acceptors (Lipinski definition) is 6. The number of nitrogens with one attached hydrogen (secondary N) is 1. The number of carbonyl (C=O) groups excluding carboxylic acids is 1. The van der Waals surface area contributed by atoms with E-state index in [0.717, 1.165) is 38.0 Å². The number of aliphatic hydroxyl groups excluding tert-OH is 1. The number of aliphatic hydroxyl groups is 1. The van der Waals surface area contributed by atoms with Crippen molar-refractivity contribution in [3.05, 3.63) is 52.8 Å². The van der Waals surface area contributed by atoms with Gasteiger partial charge in [-0.15, -0.1) is 4.91 Å². The molecule has 1 saturated heterocycles. The highest BCUT2D eigenvalue weighted by Crippen LogP contribution is 2.30. The molecule has 1 heterocycles. The van der Waals surface area contributed by atoms with Gasteiger partial charge < -0.3 is 20.1 Å². The van der Waals surface area contributed by atoms with Crippen LogP contribution in [0.2, 0.25) is 0 Å². The maximum absolute atomic E-state index is 12.5. The number of benzene rings is 1. The molecule has 1 fully saturated rings. The molecule has 0 bridgehead atoms. The van der Waals surface area contributed by atoms with Crippen molar-refractivity contribution in [2.75, 3.05) is 37.0 Å². The summed E-state index contributed by atoms with van der Waals surface area (Å²) in [5, 5.41) is 14.8. The first-order valence-electron chi connectivity index (χ1n) is 9.11. The normalized spacial score (nSPS) is 16.2. The van der Waals surface area contributed by atoms with Crippen molar-refractivity contribution >= 4 is 17.3 Å². The van der Waals surface area contributed by atoms with E-state index in [1.165, 1.54) is 19.3 Å². The minimum Gasteiger partial charge on any atom is -0.491 e. The molecule has 0 aromatic heterocycles. The minimum absolute atomic E-state index is 0.0921. The standard InChI is InChI=1S/C20H27N3O4/c1-15(22-26)7-8-19(27-2)20(25)21-17-5-3-4-6-18(17)23-12-9-16(10-13-23)11-14-24/h3-8,16,24H,9-14H2,1-2H3,(H,21,25)/b15-7+,19-8-. The van der Waals surface area contributed by atoms with Gasteiger partial charge in [-0.05, 0) is 61.6 Å². The van der Waals surface area contributed by atoms with Gasteiger partial charge in [0.05, 0.1) is 24.2 Å². The molecule has 146 valence electrons. The molecular weight excluding hydrogens is 346 g/mol. The van der Waals surface area contributed by atoms with E-state index in [4.69, 9.17) is 9.84 Å². The number of hydrogen-bond donors (Lipinski definition) is 2. The van der Waals surface area contributed by atoms with E-state index in [1.54, 1.807) is 6.92 Å². The lowest BCUT2D eigenvalue weighted by atomic mass is 9.93. The Hall–Kier alpha value is -2.67. The van der Waals surface area contributed by atoms with Crippen LogP contribution in [0.15, 0.2) is 53.1 Å². The summed E-state index contributed by atoms with van der Waals surface area (Å²) < 4.78 is 5.13. The lowest BCUT2D eigenvalue weighted by Gasteiger charge is -2.34. The van der Waals surface area contributed by atoms with E-state index in [1.807, 2.05) is 24.3 Å². The number of ether oxygens (including phenoxy) is 1. The first-order valence-corrected chi connectivity index (χ1v) is 9.11. The van der Waals surface area contributed by atoms with E-state index in [9.17, 15) is 9.70 Å². The van der Waals surface area contributed by atoms with Gasteiger partial charge in [-0.2, -0.15) is 0 Å². The maximum Gasteiger partial charge on any atom is 0.290 e. The molecule has 0 aliphatic carbocycles. The van der Waals surface area contributed by atoms with Crippen molar-refractivity contribution in [1.29, 1.82) is 0 Å². The van der Waals surface area contributed by atoms with Crippen molar-refractivity contribution in [3.8, 4) is 0 Å². The molecule has 1 aliphatic rings. The summed E-state index contributed by atoms with van der Waals surface area (Å²) in [7, 11) is 1.40. The van der Waals surface area contributed by atoms with Crippen LogP contribution < -0.4 is 10.2 Å². The Balaban J connectivity index is 2.11. The van der Waals surface area contributed by atoms with E-state index in [2.05, 4.69) is 15.4 Å². The third-order valence-corrected chi connectivity index (χ3v) is 4.71. The summed E-state index contributed by atoms with van der Waals surface area (Å²) in [5.74, 6) is 0.252. The van der Waals surface area contributed by atoms with Crippen molar-refractivity contribution in [1.82, 2.24) is 0 Å². The maximum atomic E-state index is 12.5. The van der Waals surface area contributed by atoms with Gasteiger partial charge in [0.1, 0.15) is 0 Å². The second kappa shape index (κ2) is 10.5. The Morgan fingerprint density at radius 3 is 2.67 bits per heavy atom. The molecule has 1 aliphatic heterocycles. The Morgan fingerprint density at radius 2 is 2.04 bits per heavy atom. The fourth-order valence-corrected chi connectivity index (χ4v) is 3.15. The molecule has 0 radical (unpaired) electrons. The average molecular weight is 373 g/mol. The van der Waals surface area contributed by atoms with Gasteiger partial charge in [-0.3, -0.25) is 4.79 Å². The topological polar surface area (TPSA) is 91.2 Å². The second-order valence-electron chi connectivity index (χ2n) is 6.55. The predicted molar refractivity (Wildman–Crippen MR) is 106 cm³/mol. The van der Waals surface area contributed by atoms with Crippen LogP contribution in [0.1, 0.15) is 26.2 Å². The quantitative estimate of drug-likeness (QED) is 0.315. The van der Waals surface area contributed by atoms with Gasteiger partial charge in [-0.25, -0.2) is 0 Å². The second-order valence-corrected chi connectivity index (χ2v) is 6.55. The molecule has 7 heteroatoms. The first kappa shape index (κ1) is 20.6. The monoisotopic (exact) mass is 373 g/mol. The van der Waals surface area contributed by atoms with Crippen molar-refractivity contribution < 1.29 is 14.6 Å². The number of para-hydroxylation sites is 2. The molecule has 1 aromatic rings. The van der Waals surface area contributed by atoms with Gasteiger partial charge in [0.2, 0.25) is 0 Å². The van der Waals surface area contributed by atoms with Crippen LogP contribution in [0.25, 0.3) is 0 Å². The number of piperidine rings is 1. The lowest BCUT2D eigenvalue weighted by Crippen LogP contribution is -2.34. The Kier molecular flexibility index (Phi) is 8.00. The molecule has 27 heavy (non-hydrogen) atoms. The van der Waals surface area contributed by atoms with Crippen molar-refractivity contribution in [2.24, 2.45) is 11.1 Å². The van der Waals surface area contributed by atoms with Crippen LogP contribution in [0, 0.1) is 10.8 Å². The zero-order chi connectivity index (χ0) is 19.6. The fourth-order valence-electron chi connectivity index (χ4n) is 3.15. The van der Waals surface area contributed by atoms with Gasteiger partial charge in [0.15, 0.2) is 5.76 Å². The number of methoxy groups -OCH3 is 1. The number of anilines is 2. The van der Waals surface area contributed by atoms with Gasteiger partial charge in [0, 0.05) is 19.7 Å². The van der Waals surface area contributed by atoms with Gasteiger partial charge >= 0.3 is 0 Å². The minimum atomic E-state index is -0.393. The van der Waals surface area contributed by atoms with E-state index in [0.29, 0.717) is 11.6 Å². The molecule has 1 aromatic carbocycles. The van der Waals surface area contributed by atoms with E-state index in [-0.39, 0.29) is 18.1 Å². The highest BCUT2D eigenvalue weighted by atomic mass is 16.5. The van der Waals surface area contributed by atoms with Gasteiger partial charge in [-0.1, -0.05) is 12.1 Å². The summed E-state index contributed by atoms with van der Waals surface area (Å²) in [6.07, 6.45) is 5.75. The third-order valence-electron chi connectivity index (χ3n) is 4.71. The fraction of sp³-hybridized carbons (Fsp3) is 0.450. The smallest absolute Gasteiger partial charge is 0.290 e. The van der Waals surface area contributed by atoms with Crippen LogP contribution in [-0.2, 0) is 9.53 Å².